The Hall–Kier alpha value is -2.08. The minimum absolute atomic E-state index is 0.0819. The third-order valence-corrected chi connectivity index (χ3v) is 2.73. The standard InChI is InChI=1S/C14H22N4O2/c1-15-13(19)12-6-4-11(5-7-12)10-18-14(16-2)17-8-9-20-3/h4-7H,8-10H2,1-3H3,(H,15,19)(H2,16,17,18). The highest BCUT2D eigenvalue weighted by molar-refractivity contribution is 5.93. The number of ether oxygens (including phenoxy) is 1. The molecule has 1 aromatic rings. The molecule has 0 unspecified atom stereocenters. The summed E-state index contributed by atoms with van der Waals surface area (Å²) in [5, 5.41) is 8.91. The van der Waals surface area contributed by atoms with Crippen molar-refractivity contribution in [3.8, 4) is 0 Å². The fourth-order valence-electron chi connectivity index (χ4n) is 1.60. The monoisotopic (exact) mass is 278 g/mol. The average Bonchev–Trinajstić information content (AvgIpc) is 2.50. The Labute approximate surface area is 119 Å². The van der Waals surface area contributed by atoms with Crippen LogP contribution in [-0.4, -0.2) is 46.2 Å². The zero-order valence-electron chi connectivity index (χ0n) is 12.2. The van der Waals surface area contributed by atoms with E-state index in [9.17, 15) is 4.79 Å². The number of carbonyl (C=O) groups excluding carboxylic acids is 1. The van der Waals surface area contributed by atoms with Crippen LogP contribution in [0, 0.1) is 0 Å². The van der Waals surface area contributed by atoms with Gasteiger partial charge in [0.05, 0.1) is 6.61 Å². The van der Waals surface area contributed by atoms with E-state index in [1.807, 2.05) is 12.1 Å². The molecular weight excluding hydrogens is 256 g/mol. The van der Waals surface area contributed by atoms with Crippen molar-refractivity contribution in [3.63, 3.8) is 0 Å². The number of carbonyl (C=O) groups is 1. The lowest BCUT2D eigenvalue weighted by Gasteiger charge is -2.11. The van der Waals surface area contributed by atoms with Gasteiger partial charge in [-0.15, -0.1) is 0 Å². The lowest BCUT2D eigenvalue weighted by Crippen LogP contribution is -2.38. The van der Waals surface area contributed by atoms with Crippen molar-refractivity contribution in [2.45, 2.75) is 6.54 Å². The van der Waals surface area contributed by atoms with Crippen LogP contribution in [0.5, 0.6) is 0 Å². The predicted octanol–water partition coefficient (Wildman–Crippen LogP) is 0.358. The molecular formula is C14H22N4O2. The SMILES string of the molecule is CN=C(NCCOC)NCc1ccc(C(=O)NC)cc1. The number of hydrogen-bond acceptors (Lipinski definition) is 3. The third-order valence-electron chi connectivity index (χ3n) is 2.73. The van der Waals surface area contributed by atoms with Crippen molar-refractivity contribution in [3.05, 3.63) is 35.4 Å². The molecule has 0 atom stereocenters. The van der Waals surface area contributed by atoms with Crippen molar-refractivity contribution in [2.75, 3.05) is 34.4 Å². The van der Waals surface area contributed by atoms with Gasteiger partial charge in [-0.05, 0) is 17.7 Å². The fourth-order valence-corrected chi connectivity index (χ4v) is 1.60. The first-order valence-corrected chi connectivity index (χ1v) is 6.45. The van der Waals surface area contributed by atoms with Crippen LogP contribution in [0.3, 0.4) is 0 Å². The van der Waals surface area contributed by atoms with Crippen LogP contribution < -0.4 is 16.0 Å². The van der Waals surface area contributed by atoms with E-state index < -0.39 is 0 Å². The van der Waals surface area contributed by atoms with Crippen LogP contribution >= 0.6 is 0 Å². The van der Waals surface area contributed by atoms with E-state index in [2.05, 4.69) is 20.9 Å². The zero-order chi connectivity index (χ0) is 14.8. The van der Waals surface area contributed by atoms with Gasteiger partial charge in [0.25, 0.3) is 5.91 Å². The second-order valence-electron chi connectivity index (χ2n) is 4.12. The molecule has 0 radical (unpaired) electrons. The maximum absolute atomic E-state index is 11.4. The van der Waals surface area contributed by atoms with Gasteiger partial charge in [0.15, 0.2) is 5.96 Å². The number of nitrogens with zero attached hydrogens (tertiary/aromatic N) is 1. The normalized spacial score (nSPS) is 11.1. The Bertz CT molecular complexity index is 443. The molecule has 6 heteroatoms. The first-order valence-electron chi connectivity index (χ1n) is 6.45. The summed E-state index contributed by atoms with van der Waals surface area (Å²) in [6.45, 7) is 1.97. The molecule has 0 aliphatic heterocycles. The molecule has 110 valence electrons. The highest BCUT2D eigenvalue weighted by Gasteiger charge is 2.02. The molecule has 1 rings (SSSR count). The maximum atomic E-state index is 11.4. The van der Waals surface area contributed by atoms with Gasteiger partial charge in [-0.1, -0.05) is 12.1 Å². The van der Waals surface area contributed by atoms with Crippen molar-refractivity contribution >= 4 is 11.9 Å². The average molecular weight is 278 g/mol. The van der Waals surface area contributed by atoms with Gasteiger partial charge in [0.1, 0.15) is 0 Å². The lowest BCUT2D eigenvalue weighted by molar-refractivity contribution is 0.0963. The smallest absolute Gasteiger partial charge is 0.251 e. The van der Waals surface area contributed by atoms with Crippen molar-refractivity contribution in [2.24, 2.45) is 4.99 Å². The molecule has 0 heterocycles. The summed E-state index contributed by atoms with van der Waals surface area (Å²) in [5.41, 5.74) is 1.73. The Balaban J connectivity index is 2.46. The van der Waals surface area contributed by atoms with Gasteiger partial charge < -0.3 is 20.7 Å². The molecule has 0 saturated carbocycles. The highest BCUT2D eigenvalue weighted by atomic mass is 16.5. The van der Waals surface area contributed by atoms with Crippen LogP contribution in [0.15, 0.2) is 29.3 Å². The molecule has 0 aliphatic rings. The first kappa shape index (κ1) is 16.0. The Morgan fingerprint density at radius 1 is 1.25 bits per heavy atom. The number of amides is 1. The fraction of sp³-hybridized carbons (Fsp3) is 0.429. The van der Waals surface area contributed by atoms with E-state index in [-0.39, 0.29) is 5.91 Å². The van der Waals surface area contributed by atoms with Crippen LogP contribution in [0.25, 0.3) is 0 Å². The molecule has 0 fully saturated rings. The third kappa shape index (κ3) is 5.27. The van der Waals surface area contributed by atoms with Crippen LogP contribution in [0.4, 0.5) is 0 Å². The van der Waals surface area contributed by atoms with E-state index in [1.165, 1.54) is 0 Å². The molecule has 6 nitrogen and oxygen atoms in total. The van der Waals surface area contributed by atoms with E-state index in [4.69, 9.17) is 4.74 Å². The number of aliphatic imine (C=N–C) groups is 1. The lowest BCUT2D eigenvalue weighted by atomic mass is 10.1. The summed E-state index contributed by atoms with van der Waals surface area (Å²) < 4.78 is 4.96. The topological polar surface area (TPSA) is 74.8 Å². The van der Waals surface area contributed by atoms with Gasteiger partial charge in [-0.3, -0.25) is 9.79 Å². The van der Waals surface area contributed by atoms with Gasteiger partial charge in [0.2, 0.25) is 0 Å². The van der Waals surface area contributed by atoms with Gasteiger partial charge in [-0.25, -0.2) is 0 Å². The number of methoxy groups -OCH3 is 1. The molecule has 0 spiro atoms. The summed E-state index contributed by atoms with van der Waals surface area (Å²) in [7, 11) is 5.00. The van der Waals surface area contributed by atoms with Crippen LogP contribution in [0.1, 0.15) is 15.9 Å². The molecule has 0 aliphatic carbocycles. The van der Waals surface area contributed by atoms with E-state index in [0.717, 1.165) is 11.5 Å². The number of rotatable bonds is 6. The number of hydrogen-bond donors (Lipinski definition) is 3. The maximum Gasteiger partial charge on any atom is 0.251 e. The highest BCUT2D eigenvalue weighted by Crippen LogP contribution is 2.04. The van der Waals surface area contributed by atoms with E-state index in [1.54, 1.807) is 33.3 Å². The minimum Gasteiger partial charge on any atom is -0.383 e. The number of nitrogens with one attached hydrogen (secondary N) is 3. The Morgan fingerprint density at radius 3 is 2.50 bits per heavy atom. The van der Waals surface area contributed by atoms with Crippen LogP contribution in [0.2, 0.25) is 0 Å². The second-order valence-corrected chi connectivity index (χ2v) is 4.12. The predicted molar refractivity (Wildman–Crippen MR) is 79.9 cm³/mol. The summed E-state index contributed by atoms with van der Waals surface area (Å²) in [6, 6.07) is 7.44. The van der Waals surface area contributed by atoms with Crippen LogP contribution in [-0.2, 0) is 11.3 Å². The largest absolute Gasteiger partial charge is 0.383 e. The molecule has 1 aromatic carbocycles. The molecule has 0 aromatic heterocycles. The van der Waals surface area contributed by atoms with E-state index >= 15 is 0 Å². The zero-order valence-corrected chi connectivity index (χ0v) is 12.2. The van der Waals surface area contributed by atoms with Gasteiger partial charge >= 0.3 is 0 Å². The minimum atomic E-state index is -0.0819. The molecule has 0 saturated heterocycles. The van der Waals surface area contributed by atoms with Gasteiger partial charge in [0, 0.05) is 39.9 Å². The van der Waals surface area contributed by atoms with Gasteiger partial charge in [-0.2, -0.15) is 0 Å². The Morgan fingerprint density at radius 2 is 1.95 bits per heavy atom. The summed E-state index contributed by atoms with van der Waals surface area (Å²) in [5.74, 6) is 0.638. The van der Waals surface area contributed by atoms with Crippen molar-refractivity contribution in [1.82, 2.24) is 16.0 Å². The summed E-state index contributed by atoms with van der Waals surface area (Å²) in [4.78, 5) is 15.5. The number of guanidine groups is 1. The molecule has 20 heavy (non-hydrogen) atoms. The second kappa shape index (κ2) is 8.92. The van der Waals surface area contributed by atoms with E-state index in [0.29, 0.717) is 25.3 Å². The molecule has 0 bridgehead atoms. The van der Waals surface area contributed by atoms with Crippen molar-refractivity contribution < 1.29 is 9.53 Å². The first-order chi connectivity index (χ1) is 9.71. The quantitative estimate of drug-likeness (QED) is 0.399. The molecule has 1 amide bonds. The molecule has 3 N–H and O–H groups in total. The van der Waals surface area contributed by atoms with Crippen molar-refractivity contribution in [1.29, 1.82) is 0 Å². The summed E-state index contributed by atoms with van der Waals surface area (Å²) in [6.07, 6.45) is 0. The summed E-state index contributed by atoms with van der Waals surface area (Å²) >= 11 is 0. The Kier molecular flexibility index (Phi) is 7.13. The number of benzene rings is 1.